The molecule has 0 aliphatic rings. The van der Waals surface area contributed by atoms with Gasteiger partial charge in [0.2, 0.25) is 0 Å². The number of benzene rings is 1. The standard InChI is InChI=1S/C16H14F3N3/c1-10-5-13(21(2)20-10)9-22-4-3-11(8-22)14-6-12(17)7-15(18)16(14)19/h3-8H,9H2,1-2H3. The molecule has 0 amide bonds. The average Bonchev–Trinajstić information content (AvgIpc) is 3.02. The van der Waals surface area contributed by atoms with Gasteiger partial charge in [0.05, 0.1) is 17.9 Å². The molecule has 22 heavy (non-hydrogen) atoms. The minimum absolute atomic E-state index is 0.0857. The van der Waals surface area contributed by atoms with Crippen LogP contribution in [0.5, 0.6) is 0 Å². The molecule has 0 aliphatic heterocycles. The van der Waals surface area contributed by atoms with Crippen molar-refractivity contribution in [2.45, 2.75) is 13.5 Å². The number of aryl methyl sites for hydroxylation is 2. The van der Waals surface area contributed by atoms with Gasteiger partial charge in [-0.1, -0.05) is 0 Å². The molecule has 2 aromatic heterocycles. The minimum atomic E-state index is -1.19. The third kappa shape index (κ3) is 2.64. The van der Waals surface area contributed by atoms with Crippen molar-refractivity contribution in [3.8, 4) is 11.1 Å². The van der Waals surface area contributed by atoms with E-state index in [1.54, 1.807) is 23.1 Å². The van der Waals surface area contributed by atoms with Crippen LogP contribution in [0.3, 0.4) is 0 Å². The molecule has 0 fully saturated rings. The minimum Gasteiger partial charge on any atom is -0.348 e. The molecule has 0 saturated carbocycles. The number of aromatic nitrogens is 3. The van der Waals surface area contributed by atoms with Gasteiger partial charge in [-0.05, 0) is 25.1 Å². The van der Waals surface area contributed by atoms with Crippen LogP contribution in [0.1, 0.15) is 11.4 Å². The Bertz CT molecular complexity index is 833. The Morgan fingerprint density at radius 1 is 1.14 bits per heavy atom. The normalized spacial score (nSPS) is 11.1. The summed E-state index contributed by atoms with van der Waals surface area (Å²) in [7, 11) is 1.84. The molecule has 6 heteroatoms. The molecule has 0 unspecified atom stereocenters. The Morgan fingerprint density at radius 2 is 1.91 bits per heavy atom. The second-order valence-corrected chi connectivity index (χ2v) is 5.22. The van der Waals surface area contributed by atoms with Crippen LogP contribution in [0.4, 0.5) is 13.2 Å². The highest BCUT2D eigenvalue weighted by atomic mass is 19.2. The van der Waals surface area contributed by atoms with Crippen LogP contribution in [0, 0.1) is 24.4 Å². The molecule has 0 radical (unpaired) electrons. The Balaban J connectivity index is 1.93. The Kier molecular flexibility index (Phi) is 3.52. The van der Waals surface area contributed by atoms with Crippen molar-refractivity contribution in [1.29, 1.82) is 0 Å². The quantitative estimate of drug-likeness (QED) is 0.677. The van der Waals surface area contributed by atoms with Crippen molar-refractivity contribution in [2.75, 3.05) is 0 Å². The van der Waals surface area contributed by atoms with Gasteiger partial charge in [0.1, 0.15) is 5.82 Å². The van der Waals surface area contributed by atoms with E-state index >= 15 is 0 Å². The van der Waals surface area contributed by atoms with Crippen molar-refractivity contribution in [3.05, 3.63) is 65.5 Å². The summed E-state index contributed by atoms with van der Waals surface area (Å²) in [6.45, 7) is 2.44. The largest absolute Gasteiger partial charge is 0.348 e. The van der Waals surface area contributed by atoms with Gasteiger partial charge in [0.25, 0.3) is 0 Å². The fourth-order valence-corrected chi connectivity index (χ4v) is 2.46. The third-order valence-corrected chi connectivity index (χ3v) is 3.50. The van der Waals surface area contributed by atoms with E-state index in [2.05, 4.69) is 5.10 Å². The van der Waals surface area contributed by atoms with E-state index in [9.17, 15) is 13.2 Å². The SMILES string of the molecule is Cc1cc(Cn2ccc(-c3cc(F)cc(F)c3F)c2)n(C)n1. The monoisotopic (exact) mass is 305 g/mol. The molecular formula is C16H14F3N3. The van der Waals surface area contributed by atoms with Crippen molar-refractivity contribution in [2.24, 2.45) is 7.05 Å². The molecule has 0 atom stereocenters. The smallest absolute Gasteiger partial charge is 0.166 e. The first-order valence-electron chi connectivity index (χ1n) is 6.74. The summed E-state index contributed by atoms with van der Waals surface area (Å²) in [5.74, 6) is -3.04. The molecule has 114 valence electrons. The van der Waals surface area contributed by atoms with Gasteiger partial charge in [0.15, 0.2) is 11.6 Å². The number of rotatable bonds is 3. The molecule has 2 heterocycles. The first-order valence-corrected chi connectivity index (χ1v) is 6.74. The highest BCUT2D eigenvalue weighted by molar-refractivity contribution is 5.63. The van der Waals surface area contributed by atoms with Crippen LogP contribution in [-0.4, -0.2) is 14.3 Å². The lowest BCUT2D eigenvalue weighted by atomic mass is 10.1. The number of hydrogen-bond donors (Lipinski definition) is 0. The van der Waals surface area contributed by atoms with Crippen LogP contribution in [0.15, 0.2) is 36.7 Å². The Hall–Kier alpha value is -2.50. The fourth-order valence-electron chi connectivity index (χ4n) is 2.46. The van der Waals surface area contributed by atoms with Crippen molar-refractivity contribution < 1.29 is 13.2 Å². The zero-order valence-electron chi connectivity index (χ0n) is 12.1. The van der Waals surface area contributed by atoms with E-state index in [0.717, 1.165) is 17.5 Å². The second-order valence-electron chi connectivity index (χ2n) is 5.22. The van der Waals surface area contributed by atoms with E-state index in [-0.39, 0.29) is 5.56 Å². The zero-order chi connectivity index (χ0) is 15.9. The van der Waals surface area contributed by atoms with Gasteiger partial charge in [-0.15, -0.1) is 0 Å². The number of hydrogen-bond acceptors (Lipinski definition) is 1. The molecule has 0 N–H and O–H groups in total. The molecule has 3 nitrogen and oxygen atoms in total. The maximum Gasteiger partial charge on any atom is 0.166 e. The Labute approximate surface area is 125 Å². The van der Waals surface area contributed by atoms with Crippen molar-refractivity contribution >= 4 is 0 Å². The third-order valence-electron chi connectivity index (χ3n) is 3.50. The summed E-state index contributed by atoms with van der Waals surface area (Å²) >= 11 is 0. The van der Waals surface area contributed by atoms with Gasteiger partial charge in [-0.3, -0.25) is 4.68 Å². The molecule has 0 bridgehead atoms. The highest BCUT2D eigenvalue weighted by Gasteiger charge is 2.14. The lowest BCUT2D eigenvalue weighted by Gasteiger charge is -2.04. The van der Waals surface area contributed by atoms with Gasteiger partial charge in [-0.2, -0.15) is 5.10 Å². The first-order chi connectivity index (χ1) is 10.4. The van der Waals surface area contributed by atoms with Crippen molar-refractivity contribution in [1.82, 2.24) is 14.3 Å². The van der Waals surface area contributed by atoms with Gasteiger partial charge in [0, 0.05) is 36.6 Å². The molecule has 0 spiro atoms. The molecular weight excluding hydrogens is 291 g/mol. The average molecular weight is 305 g/mol. The van der Waals surface area contributed by atoms with E-state index in [4.69, 9.17) is 0 Å². The predicted molar refractivity (Wildman–Crippen MR) is 76.8 cm³/mol. The van der Waals surface area contributed by atoms with Crippen LogP contribution in [-0.2, 0) is 13.6 Å². The first kappa shape index (κ1) is 14.4. The molecule has 3 rings (SSSR count). The second kappa shape index (κ2) is 5.36. The van der Waals surface area contributed by atoms with Crippen LogP contribution in [0.2, 0.25) is 0 Å². The summed E-state index contributed by atoms with van der Waals surface area (Å²) < 4.78 is 44.0. The van der Waals surface area contributed by atoms with Crippen LogP contribution in [0.25, 0.3) is 11.1 Å². The predicted octanol–water partition coefficient (Wildman–Crippen LogP) is 3.66. The molecule has 0 saturated heterocycles. The summed E-state index contributed by atoms with van der Waals surface area (Å²) in [6.07, 6.45) is 3.39. The van der Waals surface area contributed by atoms with Crippen molar-refractivity contribution in [3.63, 3.8) is 0 Å². The topological polar surface area (TPSA) is 22.8 Å². The highest BCUT2D eigenvalue weighted by Crippen LogP contribution is 2.26. The molecule has 3 aromatic rings. The lowest BCUT2D eigenvalue weighted by Crippen LogP contribution is -2.03. The lowest BCUT2D eigenvalue weighted by molar-refractivity contribution is 0.497. The summed E-state index contributed by atoms with van der Waals surface area (Å²) in [4.78, 5) is 0. The van der Waals surface area contributed by atoms with E-state index in [1.807, 2.05) is 24.6 Å². The van der Waals surface area contributed by atoms with E-state index < -0.39 is 17.5 Å². The number of halogens is 3. The summed E-state index contributed by atoms with van der Waals surface area (Å²) in [5.41, 5.74) is 2.22. The van der Waals surface area contributed by atoms with Gasteiger partial charge >= 0.3 is 0 Å². The Morgan fingerprint density at radius 3 is 2.59 bits per heavy atom. The van der Waals surface area contributed by atoms with E-state index in [1.165, 1.54) is 0 Å². The number of nitrogens with zero attached hydrogens (tertiary/aromatic N) is 3. The van der Waals surface area contributed by atoms with Gasteiger partial charge in [-0.25, -0.2) is 13.2 Å². The van der Waals surface area contributed by atoms with Crippen LogP contribution >= 0.6 is 0 Å². The summed E-state index contributed by atoms with van der Waals surface area (Å²) in [6, 6.07) is 5.10. The molecule has 1 aromatic carbocycles. The maximum atomic E-state index is 13.8. The van der Waals surface area contributed by atoms with Gasteiger partial charge < -0.3 is 4.57 Å². The zero-order valence-corrected chi connectivity index (χ0v) is 12.1. The van der Waals surface area contributed by atoms with Crippen LogP contribution < -0.4 is 0 Å². The maximum absolute atomic E-state index is 13.8. The van der Waals surface area contributed by atoms with E-state index in [0.29, 0.717) is 18.2 Å². The molecule has 0 aliphatic carbocycles. The summed E-state index contributed by atoms with van der Waals surface area (Å²) in [5, 5.41) is 4.25. The fraction of sp³-hybridized carbons (Fsp3) is 0.188.